The number of hydrogen-bond acceptors (Lipinski definition) is 6. The fourth-order valence-electron chi connectivity index (χ4n) is 0.384. The van der Waals surface area contributed by atoms with Gasteiger partial charge in [0.1, 0.15) is 0 Å². The average Bonchev–Trinajstić information content (AvgIpc) is 1.87. The van der Waals surface area contributed by atoms with Gasteiger partial charge in [0.2, 0.25) is 6.08 Å². The van der Waals surface area contributed by atoms with Gasteiger partial charge in [-0.05, 0) is 13.0 Å². The standard InChI is InChI=1S/C4H10N2O4Si/c5-2-1-3-10-11(8,9)6-4-7/h8-9H,1-3,5H2. The molecule has 0 unspecified atom stereocenters. The number of nitrogens with zero attached hydrogens (tertiary/aromatic N) is 1. The highest BCUT2D eigenvalue weighted by molar-refractivity contribution is 6.56. The molecule has 4 N–H and O–H groups in total. The summed E-state index contributed by atoms with van der Waals surface area (Å²) in [6.07, 6.45) is 1.51. The first-order valence-corrected chi connectivity index (χ1v) is 4.75. The van der Waals surface area contributed by atoms with E-state index in [-0.39, 0.29) is 6.61 Å². The third kappa shape index (κ3) is 5.86. The van der Waals surface area contributed by atoms with Crippen molar-refractivity contribution < 1.29 is 18.8 Å². The Morgan fingerprint density at radius 2 is 2.27 bits per heavy atom. The van der Waals surface area contributed by atoms with E-state index in [1.807, 2.05) is 0 Å². The first-order valence-electron chi connectivity index (χ1n) is 3.00. The van der Waals surface area contributed by atoms with Crippen LogP contribution in [0.15, 0.2) is 4.66 Å². The number of hydrogen-bond donors (Lipinski definition) is 3. The quantitative estimate of drug-likeness (QED) is 0.197. The maximum Gasteiger partial charge on any atom is 0.658 e. The topological polar surface area (TPSA) is 105 Å². The van der Waals surface area contributed by atoms with Gasteiger partial charge in [-0.2, -0.15) is 4.66 Å². The van der Waals surface area contributed by atoms with Crippen LogP contribution in [0.2, 0.25) is 0 Å². The van der Waals surface area contributed by atoms with Crippen molar-refractivity contribution in [1.82, 2.24) is 0 Å². The van der Waals surface area contributed by atoms with E-state index >= 15 is 0 Å². The maximum atomic E-state index is 9.57. The third-order valence-electron chi connectivity index (χ3n) is 0.835. The molecule has 0 heterocycles. The highest BCUT2D eigenvalue weighted by Crippen LogP contribution is 1.96. The fraction of sp³-hybridized carbons (Fsp3) is 0.750. The van der Waals surface area contributed by atoms with Crippen molar-refractivity contribution in [2.75, 3.05) is 13.2 Å². The summed E-state index contributed by atoms with van der Waals surface area (Å²) in [6.45, 7) is 0.468. The molecule has 0 bridgehead atoms. The van der Waals surface area contributed by atoms with Gasteiger partial charge in [-0.3, -0.25) is 0 Å². The molecule has 7 heteroatoms. The summed E-state index contributed by atoms with van der Waals surface area (Å²) in [7, 11) is -4.09. The van der Waals surface area contributed by atoms with Gasteiger partial charge in [0.15, 0.2) is 0 Å². The predicted molar refractivity (Wildman–Crippen MR) is 37.9 cm³/mol. The molecule has 0 aromatic heterocycles. The molecule has 0 amide bonds. The van der Waals surface area contributed by atoms with Crippen LogP contribution >= 0.6 is 0 Å². The lowest BCUT2D eigenvalue weighted by atomic mass is 10.5. The summed E-state index contributed by atoms with van der Waals surface area (Å²) >= 11 is 0. The highest BCUT2D eigenvalue weighted by Gasteiger charge is 2.33. The lowest BCUT2D eigenvalue weighted by Crippen LogP contribution is -2.37. The monoisotopic (exact) mass is 178 g/mol. The van der Waals surface area contributed by atoms with Crippen molar-refractivity contribution in [3.8, 4) is 0 Å². The molecular formula is C4H10N2O4Si. The zero-order valence-corrected chi connectivity index (χ0v) is 6.86. The summed E-state index contributed by atoms with van der Waals surface area (Å²) in [6, 6.07) is 0. The third-order valence-corrected chi connectivity index (χ3v) is 1.81. The SMILES string of the molecule is NCCCO[Si](O)(O)N=C=O. The van der Waals surface area contributed by atoms with E-state index in [1.165, 1.54) is 0 Å². The predicted octanol–water partition coefficient (Wildman–Crippen LogP) is -1.89. The molecule has 0 radical (unpaired) electrons. The number of rotatable bonds is 5. The Labute approximate surface area is 64.8 Å². The minimum Gasteiger partial charge on any atom is -0.371 e. The normalized spacial score (nSPS) is 10.8. The molecule has 0 rings (SSSR count). The zero-order valence-electron chi connectivity index (χ0n) is 5.86. The second kappa shape index (κ2) is 5.14. The molecule has 0 saturated heterocycles. The van der Waals surface area contributed by atoms with Crippen LogP contribution in [-0.4, -0.2) is 37.8 Å². The van der Waals surface area contributed by atoms with Gasteiger partial charge < -0.3 is 19.8 Å². The highest BCUT2D eigenvalue weighted by atomic mass is 28.4. The Hall–Kier alpha value is -0.563. The van der Waals surface area contributed by atoms with Crippen molar-refractivity contribution in [1.29, 1.82) is 0 Å². The van der Waals surface area contributed by atoms with Gasteiger partial charge in [-0.1, -0.05) is 0 Å². The molecule has 6 nitrogen and oxygen atoms in total. The van der Waals surface area contributed by atoms with E-state index in [4.69, 9.17) is 15.3 Å². The number of carbonyl (C=O) groups excluding carboxylic acids is 1. The van der Waals surface area contributed by atoms with Crippen LogP contribution in [0.3, 0.4) is 0 Å². The van der Waals surface area contributed by atoms with Gasteiger partial charge in [0.05, 0.1) is 0 Å². The van der Waals surface area contributed by atoms with Crippen LogP contribution in [0, 0.1) is 0 Å². The van der Waals surface area contributed by atoms with Crippen LogP contribution in [-0.2, 0) is 9.22 Å². The van der Waals surface area contributed by atoms with E-state index in [0.717, 1.165) is 6.08 Å². The average molecular weight is 178 g/mol. The minimum absolute atomic E-state index is 0.0842. The summed E-state index contributed by atoms with van der Waals surface area (Å²) in [4.78, 5) is 27.1. The molecule has 0 aliphatic rings. The Kier molecular flexibility index (Phi) is 4.87. The molecular weight excluding hydrogens is 168 g/mol. The molecule has 11 heavy (non-hydrogen) atoms. The van der Waals surface area contributed by atoms with E-state index in [0.29, 0.717) is 13.0 Å². The van der Waals surface area contributed by atoms with Crippen LogP contribution in [0.25, 0.3) is 0 Å². The van der Waals surface area contributed by atoms with Gasteiger partial charge in [0.25, 0.3) is 0 Å². The molecule has 64 valence electrons. The van der Waals surface area contributed by atoms with Crippen LogP contribution in [0.5, 0.6) is 0 Å². The van der Waals surface area contributed by atoms with Crippen molar-refractivity contribution in [2.24, 2.45) is 10.4 Å². The molecule has 0 saturated carbocycles. The smallest absolute Gasteiger partial charge is 0.371 e. The van der Waals surface area contributed by atoms with Gasteiger partial charge >= 0.3 is 8.97 Å². The van der Waals surface area contributed by atoms with Crippen LogP contribution in [0.4, 0.5) is 0 Å². The number of isocyanates is 1. The Morgan fingerprint density at radius 1 is 1.64 bits per heavy atom. The Morgan fingerprint density at radius 3 is 2.73 bits per heavy atom. The molecule has 0 fully saturated rings. The summed E-state index contributed by atoms with van der Waals surface area (Å²) < 4.78 is 7.16. The second-order valence-corrected chi connectivity index (χ2v) is 3.43. The maximum absolute atomic E-state index is 9.57. The molecule has 0 aliphatic carbocycles. The molecule has 0 aliphatic heterocycles. The summed E-state index contributed by atoms with van der Waals surface area (Å²) in [5, 5.41) is 0. The molecule has 0 spiro atoms. The summed E-state index contributed by atoms with van der Waals surface area (Å²) in [5.41, 5.74) is 5.10. The van der Waals surface area contributed by atoms with Gasteiger partial charge in [-0.25, -0.2) is 4.79 Å². The van der Waals surface area contributed by atoms with Gasteiger partial charge in [0, 0.05) is 6.61 Å². The van der Waals surface area contributed by atoms with Gasteiger partial charge in [-0.15, -0.1) is 0 Å². The van der Waals surface area contributed by atoms with E-state index < -0.39 is 8.97 Å². The lowest BCUT2D eigenvalue weighted by molar-refractivity contribution is 0.148. The van der Waals surface area contributed by atoms with Crippen molar-refractivity contribution >= 4 is 15.0 Å². The Balaban J connectivity index is 3.63. The van der Waals surface area contributed by atoms with Crippen molar-refractivity contribution in [3.63, 3.8) is 0 Å². The van der Waals surface area contributed by atoms with Crippen LogP contribution in [0.1, 0.15) is 6.42 Å². The van der Waals surface area contributed by atoms with E-state index in [9.17, 15) is 4.79 Å². The Bertz CT molecular complexity index is 156. The van der Waals surface area contributed by atoms with E-state index in [2.05, 4.69) is 9.08 Å². The zero-order chi connectivity index (χ0) is 8.74. The van der Waals surface area contributed by atoms with E-state index in [1.54, 1.807) is 0 Å². The molecule has 0 aromatic carbocycles. The lowest BCUT2D eigenvalue weighted by Gasteiger charge is -2.08. The molecule has 0 aromatic rings. The molecule has 0 atom stereocenters. The summed E-state index contributed by atoms with van der Waals surface area (Å²) in [5.74, 6) is 0. The van der Waals surface area contributed by atoms with Crippen molar-refractivity contribution in [3.05, 3.63) is 0 Å². The first-order chi connectivity index (χ1) is 5.12. The number of nitrogens with two attached hydrogens (primary N) is 1. The van der Waals surface area contributed by atoms with Crippen molar-refractivity contribution in [2.45, 2.75) is 6.42 Å². The largest absolute Gasteiger partial charge is 0.658 e. The second-order valence-electron chi connectivity index (χ2n) is 1.77. The first kappa shape index (κ1) is 10.4. The fourth-order valence-corrected chi connectivity index (χ4v) is 0.986. The minimum atomic E-state index is -4.09. The van der Waals surface area contributed by atoms with Crippen LogP contribution < -0.4 is 5.73 Å².